The minimum absolute atomic E-state index is 0.0646. The first-order chi connectivity index (χ1) is 10.8. The number of sulfonamides is 1. The maximum atomic E-state index is 11.9. The van der Waals surface area contributed by atoms with Crippen LogP contribution in [0.3, 0.4) is 0 Å². The summed E-state index contributed by atoms with van der Waals surface area (Å²) in [4.78, 5) is 11.0. The highest BCUT2D eigenvalue weighted by Crippen LogP contribution is 2.28. The Morgan fingerprint density at radius 2 is 1.87 bits per heavy atom. The molecule has 1 aliphatic heterocycles. The second kappa shape index (κ2) is 7.32. The predicted octanol–water partition coefficient (Wildman–Crippen LogP) is 2.25. The zero-order valence-corrected chi connectivity index (χ0v) is 15.8. The van der Waals surface area contributed by atoms with Gasteiger partial charge in [-0.05, 0) is 26.2 Å². The van der Waals surface area contributed by atoms with Crippen LogP contribution in [0.2, 0.25) is 5.15 Å². The lowest BCUT2D eigenvalue weighted by Crippen LogP contribution is -2.47. The van der Waals surface area contributed by atoms with Crippen LogP contribution in [-0.2, 0) is 16.4 Å². The summed E-state index contributed by atoms with van der Waals surface area (Å²) in [7, 11) is -3.15. The van der Waals surface area contributed by atoms with E-state index in [0.29, 0.717) is 17.5 Å². The van der Waals surface area contributed by atoms with Gasteiger partial charge in [0.05, 0.1) is 6.26 Å². The topological polar surface area (TPSA) is 66.4 Å². The van der Waals surface area contributed by atoms with Gasteiger partial charge >= 0.3 is 0 Å². The molecule has 0 bridgehead atoms. The molecule has 2 heterocycles. The minimum Gasteiger partial charge on any atom is -0.356 e. The summed E-state index contributed by atoms with van der Waals surface area (Å²) in [6.07, 6.45) is 3.65. The van der Waals surface area contributed by atoms with Crippen molar-refractivity contribution >= 4 is 27.4 Å². The lowest BCUT2D eigenvalue weighted by atomic mass is 10.0. The molecule has 1 aliphatic rings. The van der Waals surface area contributed by atoms with E-state index in [0.717, 1.165) is 43.7 Å². The van der Waals surface area contributed by atoms with Crippen LogP contribution in [0.4, 0.5) is 5.82 Å². The van der Waals surface area contributed by atoms with Gasteiger partial charge in [-0.15, -0.1) is 0 Å². The van der Waals surface area contributed by atoms with Gasteiger partial charge in [0.25, 0.3) is 0 Å². The van der Waals surface area contributed by atoms with E-state index in [1.807, 2.05) is 20.8 Å². The molecule has 0 N–H and O–H groups in total. The first-order valence-corrected chi connectivity index (χ1v) is 10.2. The average molecular weight is 361 g/mol. The summed E-state index contributed by atoms with van der Waals surface area (Å²) in [5.74, 6) is 1.56. The van der Waals surface area contributed by atoms with Gasteiger partial charge in [-0.25, -0.2) is 18.4 Å². The Balaban J connectivity index is 2.17. The molecule has 1 fully saturated rings. The first-order valence-electron chi connectivity index (χ1n) is 8.02. The number of nitrogens with zero attached hydrogens (tertiary/aromatic N) is 4. The van der Waals surface area contributed by atoms with Gasteiger partial charge in [0, 0.05) is 31.2 Å². The van der Waals surface area contributed by atoms with Gasteiger partial charge in [-0.2, -0.15) is 4.31 Å². The molecular formula is C15H25ClN4O2S. The quantitative estimate of drug-likeness (QED) is 0.753. The largest absolute Gasteiger partial charge is 0.356 e. The molecule has 1 aromatic rings. The van der Waals surface area contributed by atoms with Crippen molar-refractivity contribution in [2.75, 3.05) is 30.8 Å². The molecule has 2 rings (SSSR count). The summed E-state index contributed by atoms with van der Waals surface area (Å²) in [6.45, 7) is 7.83. The fraction of sp³-hybridized carbons (Fsp3) is 0.733. The molecule has 0 amide bonds. The van der Waals surface area contributed by atoms with Crippen LogP contribution >= 0.6 is 11.6 Å². The Labute approximate surface area is 143 Å². The molecule has 0 spiro atoms. The molecule has 0 aromatic carbocycles. The van der Waals surface area contributed by atoms with Crippen LogP contribution in [0.25, 0.3) is 0 Å². The van der Waals surface area contributed by atoms with E-state index in [4.69, 9.17) is 11.6 Å². The van der Waals surface area contributed by atoms with E-state index in [1.54, 1.807) is 4.31 Å². The number of aryl methyl sites for hydroxylation is 1. The second-order valence-corrected chi connectivity index (χ2v) is 8.19. The second-order valence-electron chi connectivity index (χ2n) is 5.90. The Morgan fingerprint density at radius 1 is 1.26 bits per heavy atom. The summed E-state index contributed by atoms with van der Waals surface area (Å²) in [5.41, 5.74) is 0.964. The molecule has 1 aromatic heterocycles. The standard InChI is InChI=1S/C15H25ClN4O2S/c1-5-13-14(16)17-11(3)18-15(13)19-9-7-12(8-10-19)20(6-2)23(4,21)22/h12H,5-10H2,1-4H3. The van der Waals surface area contributed by atoms with Crippen LogP contribution in [0, 0.1) is 6.92 Å². The van der Waals surface area contributed by atoms with Gasteiger partial charge in [0.15, 0.2) is 0 Å². The monoisotopic (exact) mass is 360 g/mol. The normalized spacial score (nSPS) is 17.0. The average Bonchev–Trinajstić information content (AvgIpc) is 2.46. The molecular weight excluding hydrogens is 336 g/mol. The van der Waals surface area contributed by atoms with E-state index in [-0.39, 0.29) is 6.04 Å². The van der Waals surface area contributed by atoms with Crippen LogP contribution in [0.15, 0.2) is 0 Å². The summed E-state index contributed by atoms with van der Waals surface area (Å²) in [5, 5.41) is 0.517. The fourth-order valence-electron chi connectivity index (χ4n) is 3.24. The number of hydrogen-bond donors (Lipinski definition) is 0. The van der Waals surface area contributed by atoms with E-state index >= 15 is 0 Å². The molecule has 8 heteroatoms. The Morgan fingerprint density at radius 3 is 2.35 bits per heavy atom. The number of halogens is 1. The number of piperidine rings is 1. The van der Waals surface area contributed by atoms with Gasteiger partial charge in [-0.1, -0.05) is 25.4 Å². The lowest BCUT2D eigenvalue weighted by Gasteiger charge is -2.38. The van der Waals surface area contributed by atoms with E-state index in [1.165, 1.54) is 6.26 Å². The zero-order chi connectivity index (χ0) is 17.2. The summed E-state index contributed by atoms with van der Waals surface area (Å²) >= 11 is 6.25. The summed E-state index contributed by atoms with van der Waals surface area (Å²) < 4.78 is 25.4. The third-order valence-corrected chi connectivity index (χ3v) is 6.03. The molecule has 0 unspecified atom stereocenters. The van der Waals surface area contributed by atoms with E-state index in [2.05, 4.69) is 14.9 Å². The zero-order valence-electron chi connectivity index (χ0n) is 14.2. The number of anilines is 1. The fourth-order valence-corrected chi connectivity index (χ4v) is 4.80. The van der Waals surface area contributed by atoms with Crippen molar-refractivity contribution in [1.29, 1.82) is 0 Å². The van der Waals surface area contributed by atoms with Crippen molar-refractivity contribution in [3.8, 4) is 0 Å². The molecule has 0 saturated carbocycles. The van der Waals surface area contributed by atoms with Crippen molar-refractivity contribution in [1.82, 2.24) is 14.3 Å². The third-order valence-electron chi connectivity index (χ3n) is 4.31. The first kappa shape index (κ1) is 18.4. The van der Waals surface area contributed by atoms with Crippen molar-refractivity contribution in [3.63, 3.8) is 0 Å². The molecule has 0 atom stereocenters. The van der Waals surface area contributed by atoms with Gasteiger partial charge < -0.3 is 4.90 Å². The van der Waals surface area contributed by atoms with Crippen LogP contribution in [0.1, 0.15) is 38.1 Å². The van der Waals surface area contributed by atoms with Gasteiger partial charge in [0.1, 0.15) is 16.8 Å². The van der Waals surface area contributed by atoms with Crippen LogP contribution in [-0.4, -0.2) is 54.6 Å². The van der Waals surface area contributed by atoms with Crippen molar-refractivity contribution in [3.05, 3.63) is 16.5 Å². The molecule has 6 nitrogen and oxygen atoms in total. The molecule has 23 heavy (non-hydrogen) atoms. The van der Waals surface area contributed by atoms with Crippen LogP contribution in [0.5, 0.6) is 0 Å². The van der Waals surface area contributed by atoms with E-state index < -0.39 is 10.0 Å². The third kappa shape index (κ3) is 4.14. The molecule has 0 aliphatic carbocycles. The Kier molecular flexibility index (Phi) is 5.86. The lowest BCUT2D eigenvalue weighted by molar-refractivity contribution is 0.285. The summed E-state index contributed by atoms with van der Waals surface area (Å²) in [6, 6.07) is 0.0646. The van der Waals surface area contributed by atoms with E-state index in [9.17, 15) is 8.42 Å². The SMILES string of the molecule is CCc1c(Cl)nc(C)nc1N1CCC(N(CC)S(C)(=O)=O)CC1. The molecule has 1 saturated heterocycles. The highest BCUT2D eigenvalue weighted by molar-refractivity contribution is 7.88. The van der Waals surface area contributed by atoms with Gasteiger partial charge in [-0.3, -0.25) is 0 Å². The molecule has 130 valence electrons. The highest BCUT2D eigenvalue weighted by atomic mass is 35.5. The Bertz CT molecular complexity index is 658. The smallest absolute Gasteiger partial charge is 0.211 e. The minimum atomic E-state index is -3.15. The highest BCUT2D eigenvalue weighted by Gasteiger charge is 2.30. The Hall–Kier alpha value is -0.920. The van der Waals surface area contributed by atoms with Crippen LogP contribution < -0.4 is 4.90 Å². The van der Waals surface area contributed by atoms with Gasteiger partial charge in [0.2, 0.25) is 10.0 Å². The van der Waals surface area contributed by atoms with Crippen molar-refractivity contribution in [2.45, 2.75) is 46.1 Å². The number of hydrogen-bond acceptors (Lipinski definition) is 5. The maximum Gasteiger partial charge on any atom is 0.211 e. The number of aromatic nitrogens is 2. The number of rotatable bonds is 5. The maximum absolute atomic E-state index is 11.9. The molecule has 0 radical (unpaired) electrons. The van der Waals surface area contributed by atoms with Crippen molar-refractivity contribution in [2.24, 2.45) is 0 Å². The van der Waals surface area contributed by atoms with Crippen molar-refractivity contribution < 1.29 is 8.42 Å². The predicted molar refractivity (Wildman–Crippen MR) is 93.6 cm³/mol.